The standard InChI is InChI=1S/C15H19N5O2S/c1-10(15(21)16-12-5-3-4-6-13(12)22-2)23-9-14-17-18-19-20(14)11-7-8-11/h3-6,10-11H,7-9H2,1-2H3,(H,16,21)/t10-/m0/s1. The highest BCUT2D eigenvalue weighted by molar-refractivity contribution is 7.99. The van der Waals surface area contributed by atoms with Gasteiger partial charge in [0.1, 0.15) is 5.75 Å². The van der Waals surface area contributed by atoms with Gasteiger partial charge in [-0.15, -0.1) is 16.9 Å². The SMILES string of the molecule is COc1ccccc1NC(=O)[C@H](C)SCc1nnnn1C1CC1. The molecule has 1 amide bonds. The highest BCUT2D eigenvalue weighted by atomic mass is 32.2. The first-order chi connectivity index (χ1) is 11.2. The lowest BCUT2D eigenvalue weighted by molar-refractivity contribution is -0.115. The van der Waals surface area contributed by atoms with Crippen LogP contribution in [-0.2, 0) is 10.5 Å². The first kappa shape index (κ1) is 15.8. The number of para-hydroxylation sites is 2. The molecule has 0 radical (unpaired) electrons. The number of amides is 1. The number of rotatable bonds is 7. The lowest BCUT2D eigenvalue weighted by Gasteiger charge is -2.14. The second-order valence-electron chi connectivity index (χ2n) is 5.41. The number of nitrogens with one attached hydrogen (secondary N) is 1. The molecule has 23 heavy (non-hydrogen) atoms. The monoisotopic (exact) mass is 333 g/mol. The first-order valence-corrected chi connectivity index (χ1v) is 8.56. The molecule has 3 rings (SSSR count). The number of thioether (sulfide) groups is 1. The number of anilines is 1. The van der Waals surface area contributed by atoms with Crippen molar-refractivity contribution in [2.45, 2.75) is 36.8 Å². The Hall–Kier alpha value is -2.09. The van der Waals surface area contributed by atoms with E-state index in [4.69, 9.17) is 4.74 Å². The molecule has 7 nitrogen and oxygen atoms in total. The number of carbonyl (C=O) groups excluding carboxylic acids is 1. The number of benzene rings is 1. The van der Waals surface area contributed by atoms with Crippen LogP contribution in [0, 0.1) is 0 Å². The Labute approximate surface area is 138 Å². The van der Waals surface area contributed by atoms with E-state index < -0.39 is 0 Å². The van der Waals surface area contributed by atoms with Gasteiger partial charge in [-0.25, -0.2) is 4.68 Å². The molecular formula is C15H19N5O2S. The third-order valence-corrected chi connectivity index (χ3v) is 4.79. The second kappa shape index (κ2) is 6.99. The van der Waals surface area contributed by atoms with Gasteiger partial charge >= 0.3 is 0 Å². The zero-order valence-electron chi connectivity index (χ0n) is 13.1. The summed E-state index contributed by atoms with van der Waals surface area (Å²) in [5, 5.41) is 14.5. The lowest BCUT2D eigenvalue weighted by atomic mass is 10.3. The Morgan fingerprint density at radius 3 is 3.00 bits per heavy atom. The number of hydrogen-bond donors (Lipinski definition) is 1. The molecule has 1 aliphatic carbocycles. The van der Waals surface area contributed by atoms with E-state index in [1.54, 1.807) is 7.11 Å². The predicted molar refractivity (Wildman–Crippen MR) is 88.5 cm³/mol. The second-order valence-corrected chi connectivity index (χ2v) is 6.74. The van der Waals surface area contributed by atoms with Crippen LogP contribution in [0.2, 0.25) is 0 Å². The molecule has 0 saturated heterocycles. The van der Waals surface area contributed by atoms with E-state index >= 15 is 0 Å². The van der Waals surface area contributed by atoms with Crippen molar-refractivity contribution in [1.82, 2.24) is 20.2 Å². The molecule has 1 saturated carbocycles. The normalized spacial score (nSPS) is 15.2. The number of tetrazole rings is 1. The van der Waals surface area contributed by atoms with Crippen LogP contribution in [0.5, 0.6) is 5.75 Å². The van der Waals surface area contributed by atoms with Gasteiger partial charge in [0.05, 0.1) is 29.8 Å². The molecule has 1 atom stereocenters. The van der Waals surface area contributed by atoms with Crippen LogP contribution in [0.4, 0.5) is 5.69 Å². The van der Waals surface area contributed by atoms with Crippen LogP contribution in [0.3, 0.4) is 0 Å². The lowest BCUT2D eigenvalue weighted by Crippen LogP contribution is -2.23. The van der Waals surface area contributed by atoms with Crippen molar-refractivity contribution in [3.63, 3.8) is 0 Å². The minimum absolute atomic E-state index is 0.0649. The maximum absolute atomic E-state index is 12.3. The first-order valence-electron chi connectivity index (χ1n) is 7.51. The van der Waals surface area contributed by atoms with Crippen molar-refractivity contribution >= 4 is 23.4 Å². The Kier molecular flexibility index (Phi) is 4.80. The summed E-state index contributed by atoms with van der Waals surface area (Å²) in [5.41, 5.74) is 0.676. The molecule has 1 fully saturated rings. The van der Waals surface area contributed by atoms with Gasteiger partial charge in [-0.3, -0.25) is 4.79 Å². The molecule has 0 bridgehead atoms. The average molecular weight is 333 g/mol. The highest BCUT2D eigenvalue weighted by Gasteiger charge is 2.28. The van der Waals surface area contributed by atoms with Crippen LogP contribution in [0.1, 0.15) is 31.6 Å². The number of nitrogens with zero attached hydrogens (tertiary/aromatic N) is 4. The zero-order chi connectivity index (χ0) is 16.2. The summed E-state index contributed by atoms with van der Waals surface area (Å²) in [7, 11) is 1.58. The molecule has 1 aromatic heterocycles. The fourth-order valence-corrected chi connectivity index (χ4v) is 2.97. The van der Waals surface area contributed by atoms with Gasteiger partial charge < -0.3 is 10.1 Å². The van der Waals surface area contributed by atoms with E-state index in [1.165, 1.54) is 11.8 Å². The fraction of sp³-hybridized carbons (Fsp3) is 0.467. The molecule has 0 aliphatic heterocycles. The molecule has 1 aromatic carbocycles. The van der Waals surface area contributed by atoms with E-state index in [1.807, 2.05) is 35.9 Å². The summed E-state index contributed by atoms with van der Waals surface area (Å²) in [6.07, 6.45) is 2.26. The third-order valence-electron chi connectivity index (χ3n) is 3.65. The van der Waals surface area contributed by atoms with Gasteiger partial charge in [0.2, 0.25) is 5.91 Å². The molecule has 1 heterocycles. The molecule has 122 valence electrons. The van der Waals surface area contributed by atoms with Crippen molar-refractivity contribution in [1.29, 1.82) is 0 Å². The van der Waals surface area contributed by atoms with Crippen LogP contribution in [0.25, 0.3) is 0 Å². The molecule has 8 heteroatoms. The Balaban J connectivity index is 1.56. The van der Waals surface area contributed by atoms with Crippen molar-refractivity contribution < 1.29 is 9.53 Å². The van der Waals surface area contributed by atoms with Gasteiger partial charge in [0, 0.05) is 0 Å². The number of ether oxygens (including phenoxy) is 1. The van der Waals surface area contributed by atoms with Crippen LogP contribution in [0.15, 0.2) is 24.3 Å². The summed E-state index contributed by atoms with van der Waals surface area (Å²) in [5.74, 6) is 2.03. The quantitative estimate of drug-likeness (QED) is 0.837. The number of hydrogen-bond acceptors (Lipinski definition) is 6. The van der Waals surface area contributed by atoms with Gasteiger partial charge in [0.15, 0.2) is 5.82 Å². The van der Waals surface area contributed by atoms with Crippen molar-refractivity contribution in [3.8, 4) is 5.75 Å². The van der Waals surface area contributed by atoms with Crippen molar-refractivity contribution in [3.05, 3.63) is 30.1 Å². The minimum Gasteiger partial charge on any atom is -0.495 e. The van der Waals surface area contributed by atoms with E-state index in [2.05, 4.69) is 20.8 Å². The summed E-state index contributed by atoms with van der Waals surface area (Å²) >= 11 is 1.52. The van der Waals surface area contributed by atoms with Gasteiger partial charge in [-0.1, -0.05) is 12.1 Å². The van der Waals surface area contributed by atoms with Crippen LogP contribution < -0.4 is 10.1 Å². The largest absolute Gasteiger partial charge is 0.495 e. The van der Waals surface area contributed by atoms with Crippen LogP contribution >= 0.6 is 11.8 Å². The number of methoxy groups -OCH3 is 1. The zero-order valence-corrected chi connectivity index (χ0v) is 13.9. The van der Waals surface area contributed by atoms with E-state index in [0.29, 0.717) is 23.2 Å². The van der Waals surface area contributed by atoms with Gasteiger partial charge in [0.25, 0.3) is 0 Å². The fourth-order valence-electron chi connectivity index (χ4n) is 2.17. The summed E-state index contributed by atoms with van der Waals surface area (Å²) in [6, 6.07) is 7.81. The minimum atomic E-state index is -0.218. The molecular weight excluding hydrogens is 314 g/mol. The number of aromatic nitrogens is 4. The highest BCUT2D eigenvalue weighted by Crippen LogP contribution is 2.35. The Morgan fingerprint density at radius 1 is 1.48 bits per heavy atom. The smallest absolute Gasteiger partial charge is 0.237 e. The summed E-state index contributed by atoms with van der Waals surface area (Å²) in [4.78, 5) is 12.3. The van der Waals surface area contributed by atoms with Crippen molar-refractivity contribution in [2.24, 2.45) is 0 Å². The summed E-state index contributed by atoms with van der Waals surface area (Å²) in [6.45, 7) is 1.88. The van der Waals surface area contributed by atoms with Crippen molar-refractivity contribution in [2.75, 3.05) is 12.4 Å². The van der Waals surface area contributed by atoms with Crippen LogP contribution in [-0.4, -0.2) is 38.5 Å². The maximum Gasteiger partial charge on any atom is 0.237 e. The van der Waals surface area contributed by atoms with E-state index in [9.17, 15) is 4.79 Å². The third kappa shape index (κ3) is 3.82. The molecule has 0 unspecified atom stereocenters. The average Bonchev–Trinajstić information content (AvgIpc) is 3.31. The topological polar surface area (TPSA) is 81.9 Å². The molecule has 1 N–H and O–H groups in total. The van der Waals surface area contributed by atoms with Gasteiger partial charge in [-0.05, 0) is 42.3 Å². The Bertz CT molecular complexity index is 686. The maximum atomic E-state index is 12.3. The molecule has 1 aliphatic rings. The summed E-state index contributed by atoms with van der Waals surface area (Å²) < 4.78 is 7.12. The molecule has 2 aromatic rings. The van der Waals surface area contributed by atoms with E-state index in [-0.39, 0.29) is 11.2 Å². The molecule has 0 spiro atoms. The van der Waals surface area contributed by atoms with E-state index in [0.717, 1.165) is 18.7 Å². The number of carbonyl (C=O) groups is 1. The van der Waals surface area contributed by atoms with Gasteiger partial charge in [-0.2, -0.15) is 0 Å². The Morgan fingerprint density at radius 2 is 2.26 bits per heavy atom. The predicted octanol–water partition coefficient (Wildman–Crippen LogP) is 2.28.